The van der Waals surface area contributed by atoms with Crippen molar-refractivity contribution in [1.82, 2.24) is 10.2 Å². The second-order valence-electron chi connectivity index (χ2n) is 6.66. The van der Waals surface area contributed by atoms with E-state index in [9.17, 15) is 9.59 Å². The third-order valence-corrected chi connectivity index (χ3v) is 3.40. The maximum atomic E-state index is 12.0. The molecule has 0 spiro atoms. The number of carbonyl (C=O) groups excluding carboxylic acids is 2. The molecule has 1 saturated carbocycles. The van der Waals surface area contributed by atoms with Gasteiger partial charge in [-0.15, -0.1) is 23.3 Å². The standard InChI is InChI=1S/C14H27N3O3.H2S2/c1-14(2,3)20-13(19)16-11-8-9(6-7-10(11)15)12(18)17(4)5;1-2/h9-11H,6-8,15H2,1-5H3,(H,16,19);1-2H/t9-,10-,11+;/m0./s1. The number of hydrogen-bond donors (Lipinski definition) is 4. The Labute approximate surface area is 143 Å². The lowest BCUT2D eigenvalue weighted by Gasteiger charge is -2.35. The summed E-state index contributed by atoms with van der Waals surface area (Å²) in [7, 11) is 3.49. The number of ether oxygens (including phenoxy) is 1. The molecule has 0 bridgehead atoms. The van der Waals surface area contributed by atoms with Gasteiger partial charge in [0.2, 0.25) is 5.91 Å². The molecule has 1 aliphatic carbocycles. The lowest BCUT2D eigenvalue weighted by molar-refractivity contribution is -0.134. The van der Waals surface area contributed by atoms with Crippen LogP contribution < -0.4 is 11.1 Å². The molecule has 1 fully saturated rings. The van der Waals surface area contributed by atoms with Crippen LogP contribution >= 0.6 is 23.3 Å². The van der Waals surface area contributed by atoms with Crippen molar-refractivity contribution in [3.8, 4) is 0 Å². The zero-order valence-electron chi connectivity index (χ0n) is 14.0. The normalized spacial score (nSPS) is 24.6. The number of nitrogens with one attached hydrogen (secondary N) is 1. The summed E-state index contributed by atoms with van der Waals surface area (Å²) >= 11 is 6.44. The van der Waals surface area contributed by atoms with Crippen LogP contribution in [-0.4, -0.2) is 48.7 Å². The van der Waals surface area contributed by atoms with Crippen LogP contribution in [0.25, 0.3) is 0 Å². The molecule has 8 heteroatoms. The Morgan fingerprint density at radius 2 is 1.77 bits per heavy atom. The van der Waals surface area contributed by atoms with Crippen molar-refractivity contribution in [3.05, 3.63) is 0 Å². The summed E-state index contributed by atoms with van der Waals surface area (Å²) in [6.45, 7) is 5.43. The van der Waals surface area contributed by atoms with Crippen LogP contribution in [0.1, 0.15) is 40.0 Å². The molecular weight excluding hydrogens is 322 g/mol. The van der Waals surface area contributed by atoms with Crippen LogP contribution in [0.2, 0.25) is 0 Å². The first-order chi connectivity index (χ1) is 10.1. The van der Waals surface area contributed by atoms with Crippen molar-refractivity contribution in [2.24, 2.45) is 11.7 Å². The maximum Gasteiger partial charge on any atom is 0.407 e. The van der Waals surface area contributed by atoms with Gasteiger partial charge in [-0.2, -0.15) is 0 Å². The van der Waals surface area contributed by atoms with Gasteiger partial charge in [-0.05, 0) is 40.0 Å². The first-order valence-corrected chi connectivity index (χ1v) is 8.86. The third kappa shape index (κ3) is 7.60. The zero-order chi connectivity index (χ0) is 17.5. The van der Waals surface area contributed by atoms with Crippen LogP contribution in [-0.2, 0) is 9.53 Å². The van der Waals surface area contributed by atoms with E-state index in [2.05, 4.69) is 28.6 Å². The van der Waals surface area contributed by atoms with E-state index in [1.165, 1.54) is 0 Å². The first-order valence-electron chi connectivity index (χ1n) is 7.26. The average Bonchev–Trinajstić information content (AvgIpc) is 2.40. The highest BCUT2D eigenvalue weighted by Gasteiger charge is 2.34. The summed E-state index contributed by atoms with van der Waals surface area (Å²) in [5, 5.41) is 2.79. The molecule has 22 heavy (non-hydrogen) atoms. The van der Waals surface area contributed by atoms with Crippen molar-refractivity contribution in [1.29, 1.82) is 0 Å². The van der Waals surface area contributed by atoms with Gasteiger partial charge in [0.1, 0.15) is 5.60 Å². The molecule has 0 unspecified atom stereocenters. The summed E-state index contributed by atoms with van der Waals surface area (Å²) in [5.74, 6) is 0.0117. The van der Waals surface area contributed by atoms with E-state index in [1.807, 2.05) is 20.8 Å². The third-order valence-electron chi connectivity index (χ3n) is 3.40. The van der Waals surface area contributed by atoms with Crippen molar-refractivity contribution in [2.75, 3.05) is 14.1 Å². The van der Waals surface area contributed by atoms with Crippen LogP contribution in [0, 0.1) is 5.92 Å². The Kier molecular flexibility index (Phi) is 9.26. The number of thiol groups is 2. The Hall–Kier alpha value is -0.600. The fourth-order valence-corrected chi connectivity index (χ4v) is 2.41. The van der Waals surface area contributed by atoms with Gasteiger partial charge in [-0.25, -0.2) is 4.79 Å². The smallest absolute Gasteiger partial charge is 0.407 e. The number of nitrogens with zero attached hydrogens (tertiary/aromatic N) is 1. The quantitative estimate of drug-likeness (QED) is 0.452. The molecule has 2 amide bonds. The SMILES string of the molecule is CN(C)C(=O)[C@H]1CC[C@H](N)[C@H](NC(=O)OC(C)(C)C)C1.SS. The fraction of sp³-hybridized carbons (Fsp3) is 0.857. The number of nitrogens with two attached hydrogens (primary N) is 1. The van der Waals surface area contributed by atoms with E-state index >= 15 is 0 Å². The molecule has 0 aromatic carbocycles. The van der Waals surface area contributed by atoms with Crippen LogP contribution in [0.15, 0.2) is 0 Å². The van der Waals surface area contributed by atoms with Crippen molar-refractivity contribution in [2.45, 2.75) is 57.7 Å². The van der Waals surface area contributed by atoms with Crippen LogP contribution in [0.4, 0.5) is 4.79 Å². The minimum Gasteiger partial charge on any atom is -0.444 e. The van der Waals surface area contributed by atoms with E-state index in [0.717, 1.165) is 12.8 Å². The van der Waals surface area contributed by atoms with Gasteiger partial charge in [-0.1, -0.05) is 0 Å². The molecule has 1 aliphatic rings. The lowest BCUT2D eigenvalue weighted by atomic mass is 9.82. The molecule has 1 rings (SSSR count). The zero-order valence-corrected chi connectivity index (χ0v) is 15.8. The monoisotopic (exact) mass is 351 g/mol. The van der Waals surface area contributed by atoms with Gasteiger partial charge < -0.3 is 20.7 Å². The highest BCUT2D eigenvalue weighted by atomic mass is 33.1. The van der Waals surface area contributed by atoms with Gasteiger partial charge in [0.25, 0.3) is 0 Å². The fourth-order valence-electron chi connectivity index (χ4n) is 2.41. The number of rotatable bonds is 2. The van der Waals surface area contributed by atoms with Crippen molar-refractivity contribution >= 4 is 35.3 Å². The van der Waals surface area contributed by atoms with Gasteiger partial charge in [0.15, 0.2) is 0 Å². The molecule has 0 saturated heterocycles. The van der Waals surface area contributed by atoms with Gasteiger partial charge in [0, 0.05) is 32.1 Å². The molecule has 130 valence electrons. The van der Waals surface area contributed by atoms with E-state index in [4.69, 9.17) is 10.5 Å². The second kappa shape index (κ2) is 9.52. The average molecular weight is 352 g/mol. The summed E-state index contributed by atoms with van der Waals surface area (Å²) in [4.78, 5) is 25.4. The number of alkyl carbamates (subject to hydrolysis) is 1. The molecule has 0 radical (unpaired) electrons. The van der Waals surface area contributed by atoms with E-state index in [-0.39, 0.29) is 23.9 Å². The number of amides is 2. The van der Waals surface area contributed by atoms with E-state index in [1.54, 1.807) is 19.0 Å². The molecule has 6 nitrogen and oxygen atoms in total. The second-order valence-corrected chi connectivity index (χ2v) is 6.66. The molecule has 0 aromatic heterocycles. The van der Waals surface area contributed by atoms with Gasteiger partial charge >= 0.3 is 6.09 Å². The van der Waals surface area contributed by atoms with Crippen molar-refractivity contribution < 1.29 is 14.3 Å². The Bertz CT molecular complexity index is 373. The maximum absolute atomic E-state index is 12.0. The molecule has 3 atom stereocenters. The topological polar surface area (TPSA) is 84.7 Å². The predicted molar refractivity (Wildman–Crippen MR) is 95.1 cm³/mol. The van der Waals surface area contributed by atoms with Gasteiger partial charge in [0.05, 0.1) is 0 Å². The van der Waals surface area contributed by atoms with E-state index < -0.39 is 11.7 Å². The minimum atomic E-state index is -0.540. The Balaban J connectivity index is 0.00000211. The minimum absolute atomic E-state index is 0.0789. The molecular formula is C14H29N3O3S2. The molecule has 3 N–H and O–H groups in total. The summed E-state index contributed by atoms with van der Waals surface area (Å²) < 4.78 is 5.23. The summed E-state index contributed by atoms with van der Waals surface area (Å²) in [5.41, 5.74) is 5.49. The highest BCUT2D eigenvalue weighted by molar-refractivity contribution is 8.59. The highest BCUT2D eigenvalue weighted by Crippen LogP contribution is 2.25. The number of hydrogen-bond acceptors (Lipinski definition) is 6. The van der Waals surface area contributed by atoms with Crippen molar-refractivity contribution in [3.63, 3.8) is 0 Å². The molecule has 0 aromatic rings. The number of carbonyl (C=O) groups is 2. The first kappa shape index (κ1) is 21.4. The van der Waals surface area contributed by atoms with Gasteiger partial charge in [-0.3, -0.25) is 4.79 Å². The Morgan fingerprint density at radius 3 is 2.23 bits per heavy atom. The molecule has 0 aliphatic heterocycles. The molecule has 0 heterocycles. The van der Waals surface area contributed by atoms with Crippen LogP contribution in [0.5, 0.6) is 0 Å². The Morgan fingerprint density at radius 1 is 1.23 bits per heavy atom. The summed E-state index contributed by atoms with van der Waals surface area (Å²) in [6, 6.07) is -0.346. The summed E-state index contributed by atoms with van der Waals surface area (Å²) in [6.07, 6.45) is 1.59. The van der Waals surface area contributed by atoms with Crippen LogP contribution in [0.3, 0.4) is 0 Å². The lowest BCUT2D eigenvalue weighted by Crippen LogP contribution is -2.53. The largest absolute Gasteiger partial charge is 0.444 e. The predicted octanol–water partition coefficient (Wildman–Crippen LogP) is 1.86. The van der Waals surface area contributed by atoms with E-state index in [0.29, 0.717) is 6.42 Å².